The summed E-state index contributed by atoms with van der Waals surface area (Å²) >= 11 is 1.63. The molecule has 4 heteroatoms. The van der Waals surface area contributed by atoms with Gasteiger partial charge < -0.3 is 14.6 Å². The van der Waals surface area contributed by atoms with Gasteiger partial charge in [0.15, 0.2) is 11.5 Å². The second kappa shape index (κ2) is 6.66. The van der Waals surface area contributed by atoms with E-state index in [2.05, 4.69) is 6.07 Å². The van der Waals surface area contributed by atoms with E-state index in [1.165, 1.54) is 0 Å². The predicted molar refractivity (Wildman–Crippen MR) is 66.7 cm³/mol. The fraction of sp³-hybridized carbons (Fsp3) is 0.500. The highest BCUT2D eigenvalue weighted by Crippen LogP contribution is 2.38. The van der Waals surface area contributed by atoms with Crippen molar-refractivity contribution < 1.29 is 14.6 Å². The van der Waals surface area contributed by atoms with Gasteiger partial charge >= 0.3 is 0 Å². The highest BCUT2D eigenvalue weighted by Gasteiger charge is 2.11. The van der Waals surface area contributed by atoms with E-state index >= 15 is 0 Å². The fourth-order valence-electron chi connectivity index (χ4n) is 1.56. The first kappa shape index (κ1) is 13.2. The van der Waals surface area contributed by atoms with Crippen molar-refractivity contribution >= 4 is 11.8 Å². The molecule has 0 aliphatic carbocycles. The molecule has 0 aliphatic rings. The quantitative estimate of drug-likeness (QED) is 0.777. The summed E-state index contributed by atoms with van der Waals surface area (Å²) in [6, 6.07) is 4.05. The molecule has 1 aromatic carbocycles. The lowest BCUT2D eigenvalue weighted by Crippen LogP contribution is -1.96. The summed E-state index contributed by atoms with van der Waals surface area (Å²) in [5.74, 6) is 1.53. The van der Waals surface area contributed by atoms with Crippen molar-refractivity contribution in [3.05, 3.63) is 17.7 Å². The first-order valence-electron chi connectivity index (χ1n) is 5.16. The molecular weight excluding hydrogens is 224 g/mol. The van der Waals surface area contributed by atoms with Crippen LogP contribution in [0.4, 0.5) is 0 Å². The predicted octanol–water partition coefficient (Wildman–Crippen LogP) is 2.35. The Kier molecular flexibility index (Phi) is 5.49. The van der Waals surface area contributed by atoms with E-state index in [0.29, 0.717) is 0 Å². The number of ether oxygens (including phenoxy) is 2. The molecule has 0 fully saturated rings. The van der Waals surface area contributed by atoms with E-state index in [1.807, 2.05) is 12.3 Å². The van der Waals surface area contributed by atoms with E-state index in [-0.39, 0.29) is 6.61 Å². The van der Waals surface area contributed by atoms with Crippen LogP contribution < -0.4 is 9.47 Å². The Morgan fingerprint density at radius 3 is 2.50 bits per heavy atom. The van der Waals surface area contributed by atoms with Crippen molar-refractivity contribution in [2.45, 2.75) is 17.7 Å². The Bertz CT molecular complexity index is 314. The Hall–Kier alpha value is -0.870. The molecule has 16 heavy (non-hydrogen) atoms. The number of aliphatic hydroxyl groups is 1. The topological polar surface area (TPSA) is 38.7 Å². The molecule has 0 aliphatic heterocycles. The zero-order valence-electron chi connectivity index (χ0n) is 9.95. The van der Waals surface area contributed by atoms with Gasteiger partial charge in [-0.3, -0.25) is 0 Å². The molecule has 0 radical (unpaired) electrons. The van der Waals surface area contributed by atoms with Gasteiger partial charge in [0.1, 0.15) is 0 Å². The van der Waals surface area contributed by atoms with E-state index in [4.69, 9.17) is 14.6 Å². The Labute approximate surface area is 101 Å². The van der Waals surface area contributed by atoms with Gasteiger partial charge in [0.05, 0.1) is 19.1 Å². The zero-order valence-corrected chi connectivity index (χ0v) is 10.8. The normalized spacial score (nSPS) is 10.2. The van der Waals surface area contributed by atoms with Crippen molar-refractivity contribution in [3.63, 3.8) is 0 Å². The third-order valence-electron chi connectivity index (χ3n) is 2.35. The summed E-state index contributed by atoms with van der Waals surface area (Å²) in [5, 5.41) is 8.82. The molecule has 0 spiro atoms. The molecule has 0 heterocycles. The molecule has 0 aromatic heterocycles. The number of aliphatic hydroxyl groups excluding tert-OH is 1. The summed E-state index contributed by atoms with van der Waals surface area (Å²) < 4.78 is 10.6. The molecular formula is C12H18O3S. The standard InChI is InChI=1S/C12H18O3S/c1-14-10-7-9(5-4-6-13)8-11(16-3)12(10)15-2/h7-8,13H,4-6H2,1-3H3. The first-order chi connectivity index (χ1) is 7.76. The summed E-state index contributed by atoms with van der Waals surface area (Å²) in [6.07, 6.45) is 3.63. The average Bonchev–Trinajstić information content (AvgIpc) is 2.34. The van der Waals surface area contributed by atoms with Crippen LogP contribution in [0.5, 0.6) is 11.5 Å². The number of thioether (sulfide) groups is 1. The van der Waals surface area contributed by atoms with Crippen LogP contribution in [0.3, 0.4) is 0 Å². The van der Waals surface area contributed by atoms with E-state index < -0.39 is 0 Å². The van der Waals surface area contributed by atoms with Crippen LogP contribution in [0.1, 0.15) is 12.0 Å². The Morgan fingerprint density at radius 1 is 1.25 bits per heavy atom. The lowest BCUT2D eigenvalue weighted by Gasteiger charge is -2.13. The maximum atomic E-state index is 8.82. The van der Waals surface area contributed by atoms with Crippen LogP contribution >= 0.6 is 11.8 Å². The van der Waals surface area contributed by atoms with Crippen LogP contribution in [0.15, 0.2) is 17.0 Å². The van der Waals surface area contributed by atoms with Gasteiger partial charge in [-0.25, -0.2) is 0 Å². The van der Waals surface area contributed by atoms with Gasteiger partial charge in [-0.1, -0.05) is 0 Å². The van der Waals surface area contributed by atoms with Crippen LogP contribution in [0.2, 0.25) is 0 Å². The molecule has 3 nitrogen and oxygen atoms in total. The lowest BCUT2D eigenvalue weighted by atomic mass is 10.1. The SMILES string of the molecule is COc1cc(CCCO)cc(SC)c1OC. The van der Waals surface area contributed by atoms with E-state index in [9.17, 15) is 0 Å². The van der Waals surface area contributed by atoms with Crippen LogP contribution in [-0.2, 0) is 6.42 Å². The van der Waals surface area contributed by atoms with E-state index in [1.54, 1.807) is 26.0 Å². The highest BCUT2D eigenvalue weighted by molar-refractivity contribution is 7.98. The maximum absolute atomic E-state index is 8.82. The summed E-state index contributed by atoms with van der Waals surface area (Å²) in [4.78, 5) is 1.06. The third-order valence-corrected chi connectivity index (χ3v) is 3.09. The van der Waals surface area contributed by atoms with Gasteiger partial charge in [0.2, 0.25) is 0 Å². The van der Waals surface area contributed by atoms with Crippen molar-refractivity contribution in [2.75, 3.05) is 27.1 Å². The number of methoxy groups -OCH3 is 2. The molecule has 1 aromatic rings. The number of aryl methyl sites for hydroxylation is 1. The van der Waals surface area contributed by atoms with Crippen molar-refractivity contribution in [1.29, 1.82) is 0 Å². The van der Waals surface area contributed by atoms with Gasteiger partial charge in [0, 0.05) is 6.61 Å². The number of benzene rings is 1. The minimum absolute atomic E-state index is 0.211. The van der Waals surface area contributed by atoms with Gasteiger partial charge in [-0.05, 0) is 36.8 Å². The summed E-state index contributed by atoms with van der Waals surface area (Å²) in [7, 11) is 3.28. The molecule has 90 valence electrons. The summed E-state index contributed by atoms with van der Waals surface area (Å²) in [6.45, 7) is 0.211. The fourth-order valence-corrected chi connectivity index (χ4v) is 2.20. The van der Waals surface area contributed by atoms with Crippen molar-refractivity contribution in [3.8, 4) is 11.5 Å². The maximum Gasteiger partial charge on any atom is 0.174 e. The average molecular weight is 242 g/mol. The van der Waals surface area contributed by atoms with Crippen LogP contribution in [0.25, 0.3) is 0 Å². The number of rotatable bonds is 6. The van der Waals surface area contributed by atoms with Crippen molar-refractivity contribution in [2.24, 2.45) is 0 Å². The smallest absolute Gasteiger partial charge is 0.174 e. The highest BCUT2D eigenvalue weighted by atomic mass is 32.2. The minimum Gasteiger partial charge on any atom is -0.493 e. The molecule has 0 amide bonds. The second-order valence-electron chi connectivity index (χ2n) is 3.36. The molecule has 0 saturated heterocycles. The van der Waals surface area contributed by atoms with Gasteiger partial charge in [-0.15, -0.1) is 11.8 Å². The largest absolute Gasteiger partial charge is 0.493 e. The molecule has 0 saturated carbocycles. The molecule has 1 rings (SSSR count). The summed E-state index contributed by atoms with van der Waals surface area (Å²) in [5.41, 5.74) is 1.16. The second-order valence-corrected chi connectivity index (χ2v) is 4.21. The first-order valence-corrected chi connectivity index (χ1v) is 6.39. The van der Waals surface area contributed by atoms with Crippen molar-refractivity contribution in [1.82, 2.24) is 0 Å². The minimum atomic E-state index is 0.211. The van der Waals surface area contributed by atoms with Gasteiger partial charge in [0.25, 0.3) is 0 Å². The van der Waals surface area contributed by atoms with Crippen LogP contribution in [0, 0.1) is 0 Å². The van der Waals surface area contributed by atoms with Crippen LogP contribution in [-0.4, -0.2) is 32.2 Å². The zero-order chi connectivity index (χ0) is 12.0. The monoisotopic (exact) mass is 242 g/mol. The molecule has 0 bridgehead atoms. The number of hydrogen-bond acceptors (Lipinski definition) is 4. The van der Waals surface area contributed by atoms with Gasteiger partial charge in [-0.2, -0.15) is 0 Å². The number of hydrogen-bond donors (Lipinski definition) is 1. The van der Waals surface area contributed by atoms with E-state index in [0.717, 1.165) is 34.8 Å². The third kappa shape index (κ3) is 3.06. The Morgan fingerprint density at radius 2 is 2.00 bits per heavy atom. The Balaban J connectivity index is 3.05. The molecule has 0 atom stereocenters. The lowest BCUT2D eigenvalue weighted by molar-refractivity contribution is 0.288. The molecule has 1 N–H and O–H groups in total. The molecule has 0 unspecified atom stereocenters.